The molecule has 1 aliphatic rings. The highest BCUT2D eigenvalue weighted by atomic mass is 19.1. The largest absolute Gasteiger partial charge is 0.493 e. The number of hydrogen-bond donors (Lipinski definition) is 0. The van der Waals surface area contributed by atoms with Gasteiger partial charge in [-0.15, -0.1) is 0 Å². The summed E-state index contributed by atoms with van der Waals surface area (Å²) in [6, 6.07) is 10.1. The fraction of sp³-hybridized carbons (Fsp3) is 0.188. The maximum Gasteiger partial charge on any atom is 0.195 e. The van der Waals surface area contributed by atoms with Crippen molar-refractivity contribution in [1.29, 1.82) is 0 Å². The molecule has 0 saturated carbocycles. The van der Waals surface area contributed by atoms with E-state index in [1.54, 1.807) is 37.3 Å². The molecule has 96 valence electrons. The van der Waals surface area contributed by atoms with Gasteiger partial charge in [0.15, 0.2) is 5.78 Å². The summed E-state index contributed by atoms with van der Waals surface area (Å²) in [4.78, 5) is 12.3. The van der Waals surface area contributed by atoms with Crippen LogP contribution in [0.3, 0.4) is 0 Å². The molecular weight excluding hydrogens is 243 g/mol. The molecule has 19 heavy (non-hydrogen) atoms. The second kappa shape index (κ2) is 4.50. The molecule has 2 aromatic carbocycles. The van der Waals surface area contributed by atoms with E-state index < -0.39 is 5.82 Å². The molecule has 0 saturated heterocycles. The third-order valence-electron chi connectivity index (χ3n) is 3.39. The van der Waals surface area contributed by atoms with Crippen LogP contribution in [0.5, 0.6) is 5.75 Å². The van der Waals surface area contributed by atoms with E-state index in [2.05, 4.69) is 0 Å². The molecule has 1 aliphatic heterocycles. The van der Waals surface area contributed by atoms with Gasteiger partial charge in [0.1, 0.15) is 11.6 Å². The lowest BCUT2D eigenvalue weighted by molar-refractivity contribution is 0.103. The zero-order chi connectivity index (χ0) is 13.4. The van der Waals surface area contributed by atoms with Gasteiger partial charge in [-0.25, -0.2) is 4.39 Å². The first-order chi connectivity index (χ1) is 9.16. The predicted octanol–water partition coefficient (Wildman–Crippen LogP) is 3.30. The summed E-state index contributed by atoms with van der Waals surface area (Å²) in [6.45, 7) is 2.30. The van der Waals surface area contributed by atoms with E-state index in [1.165, 1.54) is 6.07 Å². The van der Waals surface area contributed by atoms with Crippen molar-refractivity contribution in [2.24, 2.45) is 0 Å². The van der Waals surface area contributed by atoms with Crippen molar-refractivity contribution >= 4 is 5.78 Å². The highest BCUT2D eigenvalue weighted by Crippen LogP contribution is 2.27. The van der Waals surface area contributed by atoms with Crippen molar-refractivity contribution in [3.8, 4) is 5.75 Å². The fourth-order valence-electron chi connectivity index (χ4n) is 2.31. The molecule has 2 nitrogen and oxygen atoms in total. The maximum absolute atomic E-state index is 14.0. The lowest BCUT2D eigenvalue weighted by Gasteiger charge is -2.06. The van der Waals surface area contributed by atoms with Crippen molar-refractivity contribution in [3.63, 3.8) is 0 Å². The monoisotopic (exact) mass is 256 g/mol. The van der Waals surface area contributed by atoms with E-state index in [0.717, 1.165) is 17.7 Å². The van der Waals surface area contributed by atoms with Crippen LogP contribution < -0.4 is 4.74 Å². The number of carbonyl (C=O) groups excluding carboxylic acids is 1. The highest BCUT2D eigenvalue weighted by Gasteiger charge is 2.18. The Morgan fingerprint density at radius 2 is 2.11 bits per heavy atom. The number of ketones is 1. The topological polar surface area (TPSA) is 26.3 Å². The van der Waals surface area contributed by atoms with E-state index in [1.807, 2.05) is 0 Å². The Balaban J connectivity index is 2.02. The van der Waals surface area contributed by atoms with E-state index in [9.17, 15) is 9.18 Å². The van der Waals surface area contributed by atoms with Gasteiger partial charge in [0.2, 0.25) is 0 Å². The molecule has 3 rings (SSSR count). The number of hydrogen-bond acceptors (Lipinski definition) is 2. The van der Waals surface area contributed by atoms with Crippen LogP contribution in [0, 0.1) is 12.7 Å². The molecule has 0 unspecified atom stereocenters. The minimum atomic E-state index is -0.441. The second-order valence-electron chi connectivity index (χ2n) is 4.69. The molecule has 0 bridgehead atoms. The highest BCUT2D eigenvalue weighted by molar-refractivity contribution is 6.09. The lowest BCUT2D eigenvalue weighted by Crippen LogP contribution is -2.05. The van der Waals surface area contributed by atoms with Crippen LogP contribution in [-0.2, 0) is 6.42 Å². The van der Waals surface area contributed by atoms with Gasteiger partial charge < -0.3 is 4.74 Å². The fourth-order valence-corrected chi connectivity index (χ4v) is 2.31. The van der Waals surface area contributed by atoms with Gasteiger partial charge in [-0.1, -0.05) is 12.1 Å². The first kappa shape index (κ1) is 11.9. The Kier molecular flexibility index (Phi) is 2.82. The van der Waals surface area contributed by atoms with E-state index in [4.69, 9.17) is 4.74 Å². The third kappa shape index (κ3) is 2.01. The Morgan fingerprint density at radius 1 is 1.26 bits per heavy atom. The Morgan fingerprint density at radius 3 is 2.95 bits per heavy atom. The minimum absolute atomic E-state index is 0.124. The van der Waals surface area contributed by atoms with Crippen LogP contribution in [0.15, 0.2) is 36.4 Å². The van der Waals surface area contributed by atoms with Crippen LogP contribution >= 0.6 is 0 Å². The molecule has 0 amide bonds. The van der Waals surface area contributed by atoms with Crippen LogP contribution in [0.4, 0.5) is 4.39 Å². The van der Waals surface area contributed by atoms with Crippen LogP contribution in [-0.4, -0.2) is 12.4 Å². The number of carbonyl (C=O) groups is 1. The first-order valence-electron chi connectivity index (χ1n) is 6.22. The Hall–Kier alpha value is -2.16. The van der Waals surface area contributed by atoms with Gasteiger partial charge in [0.25, 0.3) is 0 Å². The van der Waals surface area contributed by atoms with Crippen LogP contribution in [0.2, 0.25) is 0 Å². The summed E-state index contributed by atoms with van der Waals surface area (Å²) in [5.41, 5.74) is 2.13. The number of fused-ring (bicyclic) bond motifs is 1. The third-order valence-corrected chi connectivity index (χ3v) is 3.39. The molecule has 1 heterocycles. The molecule has 0 atom stereocenters. The number of ether oxygens (including phenoxy) is 1. The zero-order valence-corrected chi connectivity index (χ0v) is 10.6. The summed E-state index contributed by atoms with van der Waals surface area (Å²) in [5, 5.41) is 0. The molecular formula is C16H13FO2. The molecule has 2 aromatic rings. The van der Waals surface area contributed by atoms with Gasteiger partial charge in [-0.05, 0) is 42.3 Å². The summed E-state index contributed by atoms with van der Waals surface area (Å²) >= 11 is 0. The summed E-state index contributed by atoms with van der Waals surface area (Å²) in [7, 11) is 0. The Labute approximate surface area is 110 Å². The van der Waals surface area contributed by atoms with Gasteiger partial charge in [0.05, 0.1) is 12.2 Å². The van der Waals surface area contributed by atoms with Gasteiger partial charge in [0, 0.05) is 12.0 Å². The second-order valence-corrected chi connectivity index (χ2v) is 4.69. The SMILES string of the molecule is Cc1cccc(C(=O)c2ccc3c(c2)CCO3)c1F. The molecule has 0 N–H and O–H groups in total. The van der Waals surface area contributed by atoms with Crippen molar-refractivity contribution < 1.29 is 13.9 Å². The lowest BCUT2D eigenvalue weighted by atomic mass is 9.99. The van der Waals surface area contributed by atoms with Crippen molar-refractivity contribution in [1.82, 2.24) is 0 Å². The summed E-state index contributed by atoms with van der Waals surface area (Å²) < 4.78 is 19.4. The van der Waals surface area contributed by atoms with E-state index >= 15 is 0 Å². The minimum Gasteiger partial charge on any atom is -0.493 e. The molecule has 0 aromatic heterocycles. The number of halogens is 1. The van der Waals surface area contributed by atoms with Crippen LogP contribution in [0.1, 0.15) is 27.0 Å². The number of benzene rings is 2. The molecule has 0 spiro atoms. The maximum atomic E-state index is 14.0. The van der Waals surface area contributed by atoms with E-state index in [0.29, 0.717) is 17.7 Å². The summed E-state index contributed by atoms with van der Waals surface area (Å²) in [6.07, 6.45) is 0.798. The smallest absolute Gasteiger partial charge is 0.195 e. The molecule has 0 fully saturated rings. The Bertz CT molecular complexity index is 662. The predicted molar refractivity (Wildman–Crippen MR) is 70.2 cm³/mol. The van der Waals surface area contributed by atoms with Crippen LogP contribution in [0.25, 0.3) is 0 Å². The van der Waals surface area contributed by atoms with Gasteiger partial charge in [-0.2, -0.15) is 0 Å². The number of rotatable bonds is 2. The van der Waals surface area contributed by atoms with Crippen molar-refractivity contribution in [2.45, 2.75) is 13.3 Å². The summed E-state index contributed by atoms with van der Waals surface area (Å²) in [5.74, 6) is 0.0985. The molecule has 3 heteroatoms. The normalized spacial score (nSPS) is 12.9. The number of aryl methyl sites for hydroxylation is 1. The molecule has 0 radical (unpaired) electrons. The zero-order valence-electron chi connectivity index (χ0n) is 10.6. The van der Waals surface area contributed by atoms with Gasteiger partial charge >= 0.3 is 0 Å². The average Bonchev–Trinajstić information content (AvgIpc) is 2.88. The van der Waals surface area contributed by atoms with E-state index in [-0.39, 0.29) is 11.3 Å². The van der Waals surface area contributed by atoms with Crippen molar-refractivity contribution in [2.75, 3.05) is 6.61 Å². The van der Waals surface area contributed by atoms with Crippen molar-refractivity contribution in [3.05, 3.63) is 64.5 Å². The standard InChI is InChI=1S/C16H13FO2/c1-10-3-2-4-13(15(10)17)16(18)12-5-6-14-11(9-12)7-8-19-14/h2-6,9H,7-8H2,1H3. The average molecular weight is 256 g/mol. The first-order valence-corrected chi connectivity index (χ1v) is 6.22. The quantitative estimate of drug-likeness (QED) is 0.771. The van der Waals surface area contributed by atoms with Gasteiger partial charge in [-0.3, -0.25) is 4.79 Å². The molecule has 0 aliphatic carbocycles.